The molecule has 0 spiro atoms. The van der Waals surface area contributed by atoms with E-state index in [4.69, 9.17) is 14.2 Å². The van der Waals surface area contributed by atoms with Crippen molar-refractivity contribution in [1.82, 2.24) is 9.88 Å². The minimum atomic E-state index is -0.392. The molecule has 0 aliphatic carbocycles. The van der Waals surface area contributed by atoms with E-state index in [0.29, 0.717) is 42.3 Å². The zero-order valence-corrected chi connectivity index (χ0v) is 15.4. The van der Waals surface area contributed by atoms with Crippen LogP contribution in [-0.4, -0.2) is 49.8 Å². The Morgan fingerprint density at radius 3 is 2.67 bits per heavy atom. The number of nitrogens with zero attached hydrogens (tertiary/aromatic N) is 2. The molecule has 0 saturated heterocycles. The molecule has 8 nitrogen and oxygen atoms in total. The summed E-state index contributed by atoms with van der Waals surface area (Å²) in [5.74, 6) is 0.837. The molecule has 2 amide bonds. The number of ether oxygens (including phenoxy) is 3. The molecule has 142 valence electrons. The number of fused-ring (bicyclic) bond motifs is 1. The number of amides is 2. The quantitative estimate of drug-likeness (QED) is 0.888. The molecular weight excluding hydrogens is 350 g/mol. The first-order valence-corrected chi connectivity index (χ1v) is 8.39. The monoisotopic (exact) mass is 371 g/mol. The van der Waals surface area contributed by atoms with Crippen LogP contribution in [-0.2, 0) is 17.7 Å². The topological polar surface area (TPSA) is 90.0 Å². The van der Waals surface area contributed by atoms with E-state index < -0.39 is 6.09 Å². The summed E-state index contributed by atoms with van der Waals surface area (Å²) in [5, 5.41) is 2.86. The molecule has 0 bridgehead atoms. The van der Waals surface area contributed by atoms with Gasteiger partial charge in [-0.1, -0.05) is 0 Å². The number of benzene rings is 1. The largest absolute Gasteiger partial charge is 0.497 e. The fourth-order valence-corrected chi connectivity index (χ4v) is 3.08. The lowest BCUT2D eigenvalue weighted by Gasteiger charge is -2.28. The molecule has 1 aromatic heterocycles. The predicted molar refractivity (Wildman–Crippen MR) is 98.3 cm³/mol. The highest BCUT2D eigenvalue weighted by atomic mass is 16.5. The second-order valence-electron chi connectivity index (χ2n) is 5.99. The van der Waals surface area contributed by atoms with Crippen molar-refractivity contribution >= 4 is 17.7 Å². The first kappa shape index (κ1) is 18.5. The summed E-state index contributed by atoms with van der Waals surface area (Å²) in [6.07, 6.45) is 3.36. The Labute approximate surface area is 157 Å². The average Bonchev–Trinajstić information content (AvgIpc) is 2.72. The van der Waals surface area contributed by atoms with Crippen LogP contribution in [0.15, 0.2) is 30.6 Å². The molecule has 1 aliphatic heterocycles. The Kier molecular flexibility index (Phi) is 5.44. The third-order valence-electron chi connectivity index (χ3n) is 4.47. The fourth-order valence-electron chi connectivity index (χ4n) is 3.08. The number of carbonyl (C=O) groups is 2. The van der Waals surface area contributed by atoms with Crippen LogP contribution in [0.2, 0.25) is 0 Å². The first-order valence-electron chi connectivity index (χ1n) is 8.39. The second-order valence-corrected chi connectivity index (χ2v) is 5.99. The first-order chi connectivity index (χ1) is 13.1. The van der Waals surface area contributed by atoms with E-state index in [-0.39, 0.29) is 5.91 Å². The second kappa shape index (κ2) is 7.94. The van der Waals surface area contributed by atoms with Gasteiger partial charge in [-0.25, -0.2) is 4.79 Å². The Balaban J connectivity index is 1.86. The van der Waals surface area contributed by atoms with E-state index in [1.165, 1.54) is 20.4 Å². The maximum Gasteiger partial charge on any atom is 0.409 e. The molecule has 3 rings (SSSR count). The van der Waals surface area contributed by atoms with Gasteiger partial charge in [-0.2, -0.15) is 0 Å². The van der Waals surface area contributed by atoms with Crippen LogP contribution in [0.1, 0.15) is 21.5 Å². The van der Waals surface area contributed by atoms with Gasteiger partial charge >= 0.3 is 6.09 Å². The van der Waals surface area contributed by atoms with Gasteiger partial charge in [-0.05, 0) is 29.7 Å². The van der Waals surface area contributed by atoms with Crippen LogP contribution >= 0.6 is 0 Å². The third-order valence-corrected chi connectivity index (χ3v) is 4.47. The van der Waals surface area contributed by atoms with E-state index in [1.54, 1.807) is 36.4 Å². The summed E-state index contributed by atoms with van der Waals surface area (Å²) < 4.78 is 15.3. The Morgan fingerprint density at radius 2 is 1.96 bits per heavy atom. The van der Waals surface area contributed by atoms with Gasteiger partial charge in [0.25, 0.3) is 5.91 Å². The highest BCUT2D eigenvalue weighted by Gasteiger charge is 2.25. The Bertz CT molecular complexity index is 868. The molecule has 0 fully saturated rings. The van der Waals surface area contributed by atoms with Gasteiger partial charge in [0.2, 0.25) is 0 Å². The van der Waals surface area contributed by atoms with E-state index in [1.807, 2.05) is 0 Å². The van der Waals surface area contributed by atoms with Crippen LogP contribution < -0.4 is 14.8 Å². The van der Waals surface area contributed by atoms with Crippen LogP contribution in [0.5, 0.6) is 11.5 Å². The summed E-state index contributed by atoms with van der Waals surface area (Å²) in [7, 11) is 4.43. The minimum absolute atomic E-state index is 0.294. The smallest absolute Gasteiger partial charge is 0.409 e. The highest BCUT2D eigenvalue weighted by Crippen LogP contribution is 2.30. The lowest BCUT2D eigenvalue weighted by molar-refractivity contribution is 0.102. The standard InChI is InChI=1S/C19H21N3O5/c1-25-13-4-5-17(26-2)16(8-13)21-18(23)15-10-20-9-12-11-22(19(24)27-3)7-6-14(12)15/h4-5,8-10H,6-7,11H2,1-3H3,(H,21,23). The van der Waals surface area contributed by atoms with Crippen LogP contribution in [0, 0.1) is 0 Å². The van der Waals surface area contributed by atoms with Crippen molar-refractivity contribution in [3.8, 4) is 11.5 Å². The molecule has 0 atom stereocenters. The number of rotatable bonds is 4. The highest BCUT2D eigenvalue weighted by molar-refractivity contribution is 6.06. The molecule has 2 heterocycles. The zero-order valence-electron chi connectivity index (χ0n) is 15.4. The number of hydrogen-bond donors (Lipinski definition) is 1. The van der Waals surface area contributed by atoms with Gasteiger partial charge in [-0.15, -0.1) is 0 Å². The van der Waals surface area contributed by atoms with Crippen molar-refractivity contribution in [2.24, 2.45) is 0 Å². The van der Waals surface area contributed by atoms with Crippen molar-refractivity contribution in [2.45, 2.75) is 13.0 Å². The predicted octanol–water partition coefficient (Wildman–Crippen LogP) is 2.48. The van der Waals surface area contributed by atoms with Gasteiger partial charge in [0.05, 0.1) is 39.1 Å². The number of carbonyl (C=O) groups excluding carboxylic acids is 2. The maximum absolute atomic E-state index is 12.9. The summed E-state index contributed by atoms with van der Waals surface area (Å²) >= 11 is 0. The normalized spacial score (nSPS) is 12.8. The molecule has 8 heteroatoms. The number of aromatic nitrogens is 1. The third kappa shape index (κ3) is 3.79. The van der Waals surface area contributed by atoms with Crippen LogP contribution in [0.25, 0.3) is 0 Å². The average molecular weight is 371 g/mol. The van der Waals surface area contributed by atoms with Crippen molar-refractivity contribution < 1.29 is 23.8 Å². The Hall–Kier alpha value is -3.29. The fraction of sp³-hybridized carbons (Fsp3) is 0.316. The molecule has 0 radical (unpaired) electrons. The van der Waals surface area contributed by atoms with E-state index in [0.717, 1.165) is 11.1 Å². The SMILES string of the molecule is COC(=O)N1CCc2c(cncc2C(=O)Nc2cc(OC)ccc2OC)C1. The molecule has 1 N–H and O–H groups in total. The number of hydrogen-bond acceptors (Lipinski definition) is 6. The van der Waals surface area contributed by atoms with Crippen molar-refractivity contribution in [3.05, 3.63) is 47.3 Å². The van der Waals surface area contributed by atoms with Crippen molar-refractivity contribution in [1.29, 1.82) is 0 Å². The van der Waals surface area contributed by atoms with Gasteiger partial charge in [0.15, 0.2) is 0 Å². The number of methoxy groups -OCH3 is 3. The lowest BCUT2D eigenvalue weighted by atomic mass is 9.97. The number of anilines is 1. The minimum Gasteiger partial charge on any atom is -0.497 e. The number of pyridine rings is 1. The molecule has 1 aliphatic rings. The summed E-state index contributed by atoms with van der Waals surface area (Å²) in [4.78, 5) is 30.4. The van der Waals surface area contributed by atoms with Gasteiger partial charge in [0, 0.05) is 25.0 Å². The molecular formula is C19H21N3O5. The molecule has 1 aromatic carbocycles. The van der Waals surface area contributed by atoms with Gasteiger partial charge in [0.1, 0.15) is 11.5 Å². The van der Waals surface area contributed by atoms with E-state index >= 15 is 0 Å². The van der Waals surface area contributed by atoms with Crippen LogP contribution in [0.4, 0.5) is 10.5 Å². The number of nitrogens with one attached hydrogen (secondary N) is 1. The summed E-state index contributed by atoms with van der Waals surface area (Å²) in [5.41, 5.74) is 2.69. The Morgan fingerprint density at radius 1 is 1.15 bits per heavy atom. The van der Waals surface area contributed by atoms with Crippen molar-refractivity contribution in [2.75, 3.05) is 33.2 Å². The molecule has 27 heavy (non-hydrogen) atoms. The van der Waals surface area contributed by atoms with E-state index in [2.05, 4.69) is 10.3 Å². The van der Waals surface area contributed by atoms with E-state index in [9.17, 15) is 9.59 Å². The molecule has 2 aromatic rings. The van der Waals surface area contributed by atoms with Gasteiger partial charge in [-0.3, -0.25) is 9.78 Å². The molecule has 0 saturated carbocycles. The van der Waals surface area contributed by atoms with Gasteiger partial charge < -0.3 is 24.4 Å². The summed E-state index contributed by atoms with van der Waals surface area (Å²) in [6, 6.07) is 5.17. The molecule has 0 unspecified atom stereocenters. The van der Waals surface area contributed by atoms with Crippen molar-refractivity contribution in [3.63, 3.8) is 0 Å². The lowest BCUT2D eigenvalue weighted by Crippen LogP contribution is -2.36. The zero-order chi connectivity index (χ0) is 19.4. The van der Waals surface area contributed by atoms with Crippen LogP contribution in [0.3, 0.4) is 0 Å². The maximum atomic E-state index is 12.9. The summed E-state index contributed by atoms with van der Waals surface area (Å²) in [6.45, 7) is 0.838.